The van der Waals surface area contributed by atoms with Crippen molar-refractivity contribution in [3.63, 3.8) is 0 Å². The molecule has 0 spiro atoms. The van der Waals surface area contributed by atoms with E-state index in [1.807, 2.05) is 6.07 Å². The van der Waals surface area contributed by atoms with Crippen molar-refractivity contribution in [1.29, 1.82) is 0 Å². The van der Waals surface area contributed by atoms with Gasteiger partial charge in [-0.3, -0.25) is 0 Å². The Kier molecular flexibility index (Phi) is 4.68. The summed E-state index contributed by atoms with van der Waals surface area (Å²) >= 11 is 3.37. The van der Waals surface area contributed by atoms with Gasteiger partial charge in [-0.1, -0.05) is 40.2 Å². The van der Waals surface area contributed by atoms with Crippen LogP contribution < -0.4 is 5.32 Å². The lowest BCUT2D eigenvalue weighted by Gasteiger charge is -2.20. The normalized spacial score (nSPS) is 13.2. The molecule has 0 aliphatic rings. The van der Waals surface area contributed by atoms with E-state index in [1.54, 1.807) is 25.2 Å². The van der Waals surface area contributed by atoms with Crippen LogP contribution in [0.3, 0.4) is 0 Å². The molecule has 6 heteroatoms. The molecule has 1 N–H and O–H groups in total. The highest BCUT2D eigenvalue weighted by molar-refractivity contribution is 9.10. The molecule has 1 nitrogen and oxygen atoms in total. The van der Waals surface area contributed by atoms with Gasteiger partial charge in [0, 0.05) is 4.47 Å². The van der Waals surface area contributed by atoms with Gasteiger partial charge in [0.1, 0.15) is 5.82 Å². The van der Waals surface area contributed by atoms with Gasteiger partial charge >= 0.3 is 6.18 Å². The molecule has 0 aliphatic heterocycles. The highest BCUT2D eigenvalue weighted by Crippen LogP contribution is 2.35. The third-order valence-corrected chi connectivity index (χ3v) is 3.86. The van der Waals surface area contributed by atoms with Crippen molar-refractivity contribution in [2.75, 3.05) is 7.05 Å². The van der Waals surface area contributed by atoms with E-state index >= 15 is 0 Å². The summed E-state index contributed by atoms with van der Waals surface area (Å²) in [6.07, 6.45) is -4.72. The maximum atomic E-state index is 13.4. The Morgan fingerprint density at radius 2 is 1.76 bits per heavy atom. The summed E-state index contributed by atoms with van der Waals surface area (Å²) in [5.41, 5.74) is -0.134. The van der Waals surface area contributed by atoms with E-state index in [0.717, 1.165) is 22.2 Å². The predicted molar refractivity (Wildman–Crippen MR) is 76.4 cm³/mol. The average Bonchev–Trinajstić information content (AvgIpc) is 2.42. The van der Waals surface area contributed by atoms with E-state index < -0.39 is 23.6 Å². The molecule has 0 heterocycles. The van der Waals surface area contributed by atoms with Crippen molar-refractivity contribution >= 4 is 15.9 Å². The fourth-order valence-corrected chi connectivity index (χ4v) is 2.66. The minimum Gasteiger partial charge on any atom is -0.309 e. The van der Waals surface area contributed by atoms with Crippen LogP contribution in [0.2, 0.25) is 0 Å². The smallest absolute Gasteiger partial charge is 0.309 e. The van der Waals surface area contributed by atoms with Crippen LogP contribution in [0.1, 0.15) is 22.7 Å². The van der Waals surface area contributed by atoms with Gasteiger partial charge < -0.3 is 5.32 Å². The van der Waals surface area contributed by atoms with Crippen LogP contribution in [0.25, 0.3) is 0 Å². The summed E-state index contributed by atoms with van der Waals surface area (Å²) in [5.74, 6) is -1.27. The van der Waals surface area contributed by atoms with Crippen molar-refractivity contribution in [2.45, 2.75) is 12.2 Å². The van der Waals surface area contributed by atoms with E-state index in [-0.39, 0.29) is 0 Å². The maximum Gasteiger partial charge on any atom is 0.419 e. The van der Waals surface area contributed by atoms with Gasteiger partial charge in [0.15, 0.2) is 0 Å². The van der Waals surface area contributed by atoms with Gasteiger partial charge in [0.25, 0.3) is 0 Å². The predicted octanol–water partition coefficient (Wildman–Crippen LogP) is 4.92. The molecule has 0 aromatic heterocycles. The highest BCUT2D eigenvalue weighted by atomic mass is 79.9. The molecule has 0 fully saturated rings. The number of benzene rings is 2. The zero-order valence-corrected chi connectivity index (χ0v) is 12.6. The number of halogens is 5. The lowest BCUT2D eigenvalue weighted by atomic mass is 9.97. The molecule has 0 bridgehead atoms. The molecule has 0 amide bonds. The van der Waals surface area contributed by atoms with Gasteiger partial charge in [-0.25, -0.2) is 4.39 Å². The molecule has 21 heavy (non-hydrogen) atoms. The summed E-state index contributed by atoms with van der Waals surface area (Å²) in [6.45, 7) is 0. The van der Waals surface area contributed by atoms with Crippen LogP contribution in [0.15, 0.2) is 46.9 Å². The first-order chi connectivity index (χ1) is 9.84. The van der Waals surface area contributed by atoms with Gasteiger partial charge in [0.2, 0.25) is 0 Å². The van der Waals surface area contributed by atoms with Crippen LogP contribution >= 0.6 is 15.9 Å². The Labute approximate surface area is 128 Å². The Balaban J connectivity index is 2.52. The van der Waals surface area contributed by atoms with Crippen LogP contribution in [-0.2, 0) is 6.18 Å². The minimum absolute atomic E-state index is 0.345. The van der Waals surface area contributed by atoms with Gasteiger partial charge in [-0.05, 0) is 36.4 Å². The minimum atomic E-state index is -4.72. The first kappa shape index (κ1) is 16.0. The number of alkyl halides is 3. The standard InChI is InChI=1S/C15H12BrF4N/c1-21-14(10-4-2-3-5-12(10)16)9-6-7-13(17)11(8-9)15(18,19)20/h2-8,14,21H,1H3. The van der Waals surface area contributed by atoms with Crippen molar-refractivity contribution in [3.05, 3.63) is 69.4 Å². The molecule has 1 atom stereocenters. The molecule has 0 radical (unpaired) electrons. The van der Waals surface area contributed by atoms with Crippen molar-refractivity contribution in [2.24, 2.45) is 0 Å². The average molecular weight is 362 g/mol. The second-order valence-electron chi connectivity index (χ2n) is 4.48. The van der Waals surface area contributed by atoms with E-state index in [2.05, 4.69) is 21.2 Å². The zero-order valence-electron chi connectivity index (χ0n) is 11.0. The molecular weight excluding hydrogens is 350 g/mol. The van der Waals surface area contributed by atoms with E-state index in [9.17, 15) is 17.6 Å². The third kappa shape index (κ3) is 3.44. The SMILES string of the molecule is CNC(c1ccc(F)c(C(F)(F)F)c1)c1ccccc1Br. The Morgan fingerprint density at radius 3 is 2.33 bits per heavy atom. The second-order valence-corrected chi connectivity index (χ2v) is 5.33. The third-order valence-electron chi connectivity index (χ3n) is 3.13. The summed E-state index contributed by atoms with van der Waals surface area (Å²) in [7, 11) is 1.64. The first-order valence-electron chi connectivity index (χ1n) is 6.13. The molecule has 0 saturated carbocycles. The molecule has 2 aromatic carbocycles. The van der Waals surface area contributed by atoms with Crippen molar-refractivity contribution in [1.82, 2.24) is 5.32 Å². The summed E-state index contributed by atoms with van der Waals surface area (Å²) in [4.78, 5) is 0. The number of rotatable bonds is 3. The molecule has 2 rings (SSSR count). The maximum absolute atomic E-state index is 13.4. The molecule has 0 saturated heterocycles. The lowest BCUT2D eigenvalue weighted by Crippen LogP contribution is -2.19. The molecule has 112 valence electrons. The Bertz CT molecular complexity index is 640. The van der Waals surface area contributed by atoms with Crippen LogP contribution in [0, 0.1) is 5.82 Å². The van der Waals surface area contributed by atoms with Crippen LogP contribution in [-0.4, -0.2) is 7.05 Å². The molecule has 1 unspecified atom stereocenters. The molecular formula is C15H12BrF4N. The largest absolute Gasteiger partial charge is 0.419 e. The fraction of sp³-hybridized carbons (Fsp3) is 0.200. The topological polar surface area (TPSA) is 12.0 Å². The second kappa shape index (κ2) is 6.15. The van der Waals surface area contributed by atoms with E-state index in [0.29, 0.717) is 5.56 Å². The van der Waals surface area contributed by atoms with E-state index in [4.69, 9.17) is 0 Å². The van der Waals surface area contributed by atoms with E-state index in [1.165, 1.54) is 6.07 Å². The molecule has 2 aromatic rings. The van der Waals surface area contributed by atoms with Crippen molar-refractivity contribution in [3.8, 4) is 0 Å². The van der Waals surface area contributed by atoms with Gasteiger partial charge in [-0.2, -0.15) is 13.2 Å². The summed E-state index contributed by atoms with van der Waals surface area (Å²) < 4.78 is 52.6. The number of nitrogens with one attached hydrogen (secondary N) is 1. The quantitative estimate of drug-likeness (QED) is 0.765. The number of hydrogen-bond acceptors (Lipinski definition) is 1. The Morgan fingerprint density at radius 1 is 1.10 bits per heavy atom. The number of hydrogen-bond donors (Lipinski definition) is 1. The monoisotopic (exact) mass is 361 g/mol. The summed E-state index contributed by atoms with van der Waals surface area (Å²) in [5, 5.41) is 2.95. The zero-order chi connectivity index (χ0) is 15.6. The highest BCUT2D eigenvalue weighted by Gasteiger charge is 2.34. The Hall–Kier alpha value is -1.40. The summed E-state index contributed by atoms with van der Waals surface area (Å²) in [6, 6.07) is 9.77. The van der Waals surface area contributed by atoms with Crippen LogP contribution in [0.4, 0.5) is 17.6 Å². The first-order valence-corrected chi connectivity index (χ1v) is 6.92. The van der Waals surface area contributed by atoms with Crippen LogP contribution in [0.5, 0.6) is 0 Å². The van der Waals surface area contributed by atoms with Crippen molar-refractivity contribution < 1.29 is 17.6 Å². The van der Waals surface area contributed by atoms with Gasteiger partial charge in [-0.15, -0.1) is 0 Å². The lowest BCUT2D eigenvalue weighted by molar-refractivity contribution is -0.140. The van der Waals surface area contributed by atoms with Gasteiger partial charge in [0.05, 0.1) is 11.6 Å². The fourth-order valence-electron chi connectivity index (χ4n) is 2.15. The molecule has 0 aliphatic carbocycles.